The first-order chi connectivity index (χ1) is 15.7. The van der Waals surface area contributed by atoms with Crippen molar-refractivity contribution in [1.82, 2.24) is 10.3 Å². The third-order valence-electron chi connectivity index (χ3n) is 5.87. The highest BCUT2D eigenvalue weighted by Crippen LogP contribution is 2.34. The largest absolute Gasteiger partial charge is 0.433 e. The smallest absolute Gasteiger partial charge is 0.388 e. The number of rotatable bonds is 5. The van der Waals surface area contributed by atoms with Crippen LogP contribution in [0.3, 0.4) is 0 Å². The van der Waals surface area contributed by atoms with Gasteiger partial charge in [0, 0.05) is 41.5 Å². The van der Waals surface area contributed by atoms with Crippen LogP contribution in [0.15, 0.2) is 48.5 Å². The molecule has 0 unspecified atom stereocenters. The van der Waals surface area contributed by atoms with Crippen LogP contribution >= 0.6 is 0 Å². The van der Waals surface area contributed by atoms with Crippen LogP contribution in [0.2, 0.25) is 0 Å². The number of benzene rings is 2. The van der Waals surface area contributed by atoms with Crippen molar-refractivity contribution in [3.8, 4) is 0 Å². The molecule has 0 saturated heterocycles. The molecular weight excluding hydrogens is 436 g/mol. The highest BCUT2D eigenvalue weighted by atomic mass is 19.4. The molecule has 1 fully saturated rings. The molecule has 3 N–H and O–H groups in total. The molecule has 174 valence electrons. The van der Waals surface area contributed by atoms with Crippen molar-refractivity contribution in [2.75, 3.05) is 17.7 Å². The minimum atomic E-state index is -4.62. The van der Waals surface area contributed by atoms with E-state index in [9.17, 15) is 22.4 Å². The number of aromatic nitrogens is 1. The second-order valence-electron chi connectivity index (χ2n) is 8.22. The molecule has 1 aliphatic rings. The van der Waals surface area contributed by atoms with E-state index in [1.807, 2.05) is 12.1 Å². The minimum absolute atomic E-state index is 0.0689. The number of fused-ring (bicyclic) bond motifs is 1. The molecule has 5 nitrogen and oxygen atoms in total. The Kier molecular flexibility index (Phi) is 6.40. The van der Waals surface area contributed by atoms with E-state index in [1.165, 1.54) is 12.1 Å². The zero-order valence-electron chi connectivity index (χ0n) is 18.0. The van der Waals surface area contributed by atoms with Crippen molar-refractivity contribution < 1.29 is 22.4 Å². The average molecular weight is 460 g/mol. The number of pyridine rings is 1. The van der Waals surface area contributed by atoms with Gasteiger partial charge in [0.15, 0.2) is 0 Å². The summed E-state index contributed by atoms with van der Waals surface area (Å²) in [6.07, 6.45) is -1.78. The maximum Gasteiger partial charge on any atom is 0.433 e. The summed E-state index contributed by atoms with van der Waals surface area (Å²) in [7, 11) is 1.79. The summed E-state index contributed by atoms with van der Waals surface area (Å²) >= 11 is 0. The maximum atomic E-state index is 13.8. The van der Waals surface area contributed by atoms with Gasteiger partial charge in [-0.3, -0.25) is 4.79 Å². The topological polar surface area (TPSA) is 66.1 Å². The number of amides is 1. The Labute approximate surface area is 188 Å². The van der Waals surface area contributed by atoms with Gasteiger partial charge in [-0.1, -0.05) is 0 Å². The molecule has 0 spiro atoms. The molecule has 1 aliphatic carbocycles. The first kappa shape index (κ1) is 22.8. The summed E-state index contributed by atoms with van der Waals surface area (Å²) in [6.45, 7) is 0. The molecule has 3 aromatic rings. The lowest BCUT2D eigenvalue weighted by atomic mass is 9.90. The summed E-state index contributed by atoms with van der Waals surface area (Å²) in [6, 6.07) is 11.2. The number of hydrogen-bond acceptors (Lipinski definition) is 4. The zero-order chi connectivity index (χ0) is 23.6. The SMILES string of the molecule is CNc1ccc(C(=O)N[C@@H]2CCC[C@H](Nc3cc(C(F)(F)F)nc4ccc(F)cc34)C2)cc1. The van der Waals surface area contributed by atoms with E-state index in [-0.39, 0.29) is 29.2 Å². The Morgan fingerprint density at radius 3 is 2.45 bits per heavy atom. The van der Waals surface area contributed by atoms with E-state index < -0.39 is 17.7 Å². The molecule has 2 atom stereocenters. The lowest BCUT2D eigenvalue weighted by molar-refractivity contribution is -0.140. The monoisotopic (exact) mass is 460 g/mol. The summed E-state index contributed by atoms with van der Waals surface area (Å²) in [5.74, 6) is -0.746. The van der Waals surface area contributed by atoms with E-state index >= 15 is 0 Å². The molecule has 2 aromatic carbocycles. The third-order valence-corrected chi connectivity index (χ3v) is 5.87. The van der Waals surface area contributed by atoms with E-state index in [4.69, 9.17) is 0 Å². The number of carbonyl (C=O) groups excluding carboxylic acids is 1. The van der Waals surface area contributed by atoms with Crippen LogP contribution in [0.25, 0.3) is 10.9 Å². The quantitative estimate of drug-likeness (QED) is 0.435. The van der Waals surface area contributed by atoms with Crippen LogP contribution in [-0.4, -0.2) is 30.0 Å². The Hall–Kier alpha value is -3.36. The second-order valence-corrected chi connectivity index (χ2v) is 8.22. The number of carbonyl (C=O) groups is 1. The van der Waals surface area contributed by atoms with Gasteiger partial charge in [-0.25, -0.2) is 9.37 Å². The van der Waals surface area contributed by atoms with Crippen LogP contribution in [0.5, 0.6) is 0 Å². The molecule has 0 radical (unpaired) electrons. The van der Waals surface area contributed by atoms with Crippen molar-refractivity contribution in [2.45, 2.75) is 43.9 Å². The van der Waals surface area contributed by atoms with E-state index in [0.717, 1.165) is 37.1 Å². The predicted octanol–water partition coefficient (Wildman–Crippen LogP) is 5.59. The third kappa shape index (κ3) is 5.35. The van der Waals surface area contributed by atoms with Crippen molar-refractivity contribution in [1.29, 1.82) is 0 Å². The van der Waals surface area contributed by atoms with E-state index in [0.29, 0.717) is 17.4 Å². The molecule has 0 bridgehead atoms. The predicted molar refractivity (Wildman–Crippen MR) is 120 cm³/mol. The van der Waals surface area contributed by atoms with Crippen LogP contribution in [-0.2, 0) is 6.18 Å². The number of nitrogens with zero attached hydrogens (tertiary/aromatic N) is 1. The van der Waals surface area contributed by atoms with Crippen LogP contribution in [0.1, 0.15) is 41.7 Å². The van der Waals surface area contributed by atoms with Gasteiger partial charge >= 0.3 is 6.18 Å². The van der Waals surface area contributed by atoms with Gasteiger partial charge in [0.05, 0.1) is 5.52 Å². The molecule has 1 heterocycles. The molecule has 4 rings (SSSR count). The highest BCUT2D eigenvalue weighted by Gasteiger charge is 2.34. The van der Waals surface area contributed by atoms with E-state index in [2.05, 4.69) is 20.9 Å². The number of alkyl halides is 3. The van der Waals surface area contributed by atoms with E-state index in [1.54, 1.807) is 19.2 Å². The second kappa shape index (κ2) is 9.25. The van der Waals surface area contributed by atoms with Crippen molar-refractivity contribution in [3.63, 3.8) is 0 Å². The lowest BCUT2D eigenvalue weighted by Gasteiger charge is -2.31. The normalized spacial score (nSPS) is 18.7. The van der Waals surface area contributed by atoms with Crippen LogP contribution < -0.4 is 16.0 Å². The molecule has 1 amide bonds. The summed E-state index contributed by atoms with van der Waals surface area (Å²) in [5.41, 5.74) is 0.655. The van der Waals surface area contributed by atoms with Crippen LogP contribution in [0, 0.1) is 5.82 Å². The van der Waals surface area contributed by atoms with Crippen molar-refractivity contribution in [2.24, 2.45) is 0 Å². The number of halogens is 4. The summed E-state index contributed by atoms with van der Waals surface area (Å²) in [5, 5.41) is 9.46. The zero-order valence-corrected chi connectivity index (χ0v) is 18.0. The Balaban J connectivity index is 1.51. The summed E-state index contributed by atoms with van der Waals surface area (Å²) < 4.78 is 53.9. The molecular formula is C24H24F4N4O. The van der Waals surface area contributed by atoms with Crippen molar-refractivity contribution in [3.05, 3.63) is 65.6 Å². The highest BCUT2D eigenvalue weighted by molar-refractivity contribution is 5.95. The fourth-order valence-corrected chi connectivity index (χ4v) is 4.19. The number of anilines is 2. The molecule has 9 heteroatoms. The Morgan fingerprint density at radius 2 is 1.76 bits per heavy atom. The fraction of sp³-hybridized carbons (Fsp3) is 0.333. The molecule has 1 aromatic heterocycles. The van der Waals surface area contributed by atoms with Gasteiger partial charge in [-0.2, -0.15) is 13.2 Å². The lowest BCUT2D eigenvalue weighted by Crippen LogP contribution is -2.41. The number of hydrogen-bond donors (Lipinski definition) is 3. The standard InChI is InChI=1S/C24H24F4N4O/c1-29-16-8-5-14(6-9-16)23(33)31-18-4-2-3-17(12-18)30-21-13-22(24(26,27)28)32-20-10-7-15(25)11-19(20)21/h5-11,13,17-18,29H,2-4,12H2,1H3,(H,30,32)(H,31,33)/t17-,18+/m0/s1. The minimum Gasteiger partial charge on any atom is -0.388 e. The molecule has 0 aliphatic heterocycles. The average Bonchev–Trinajstić information content (AvgIpc) is 2.79. The van der Waals surface area contributed by atoms with Gasteiger partial charge in [-0.05, 0) is 74.2 Å². The first-order valence-corrected chi connectivity index (χ1v) is 10.8. The van der Waals surface area contributed by atoms with Gasteiger partial charge in [-0.15, -0.1) is 0 Å². The van der Waals surface area contributed by atoms with Gasteiger partial charge in [0.2, 0.25) is 0 Å². The van der Waals surface area contributed by atoms with Gasteiger partial charge in [0.1, 0.15) is 11.5 Å². The summed E-state index contributed by atoms with van der Waals surface area (Å²) in [4.78, 5) is 16.3. The van der Waals surface area contributed by atoms with Gasteiger partial charge < -0.3 is 16.0 Å². The molecule has 1 saturated carbocycles. The Morgan fingerprint density at radius 1 is 1.03 bits per heavy atom. The molecule has 33 heavy (non-hydrogen) atoms. The van der Waals surface area contributed by atoms with Gasteiger partial charge in [0.25, 0.3) is 5.91 Å². The van der Waals surface area contributed by atoms with Crippen molar-refractivity contribution >= 4 is 28.2 Å². The van der Waals surface area contributed by atoms with Crippen LogP contribution in [0.4, 0.5) is 28.9 Å². The Bertz CT molecular complexity index is 1150. The fourth-order valence-electron chi connectivity index (χ4n) is 4.19. The first-order valence-electron chi connectivity index (χ1n) is 10.8. The number of nitrogens with one attached hydrogen (secondary N) is 3. The maximum absolute atomic E-state index is 13.8.